The highest BCUT2D eigenvalue weighted by atomic mass is 19.4. The van der Waals surface area contributed by atoms with Gasteiger partial charge in [0.15, 0.2) is 0 Å². The van der Waals surface area contributed by atoms with E-state index in [1.165, 1.54) is 18.5 Å². The number of aromatic amines is 1. The first-order valence-electron chi connectivity index (χ1n) is 12.6. The number of pyridine rings is 1. The Kier molecular flexibility index (Phi) is 9.34. The van der Waals surface area contributed by atoms with E-state index in [9.17, 15) is 22.4 Å². The van der Waals surface area contributed by atoms with Crippen LogP contribution in [0.4, 0.5) is 17.6 Å². The van der Waals surface area contributed by atoms with Gasteiger partial charge in [-0.15, -0.1) is 0 Å². The highest BCUT2D eigenvalue weighted by Gasteiger charge is 2.31. The molecular weight excluding hydrogens is 524 g/mol. The van der Waals surface area contributed by atoms with E-state index in [4.69, 9.17) is 4.74 Å². The number of ether oxygens (including phenoxy) is 1. The minimum atomic E-state index is -4.49. The fourth-order valence-electron chi connectivity index (χ4n) is 4.21. The van der Waals surface area contributed by atoms with Crippen molar-refractivity contribution in [1.82, 2.24) is 20.6 Å². The Morgan fingerprint density at radius 3 is 2.52 bits per heavy atom. The second-order valence-corrected chi connectivity index (χ2v) is 8.86. The summed E-state index contributed by atoms with van der Waals surface area (Å²) in [6.45, 7) is 1.25. The van der Waals surface area contributed by atoms with Crippen molar-refractivity contribution in [3.63, 3.8) is 0 Å². The summed E-state index contributed by atoms with van der Waals surface area (Å²) in [7, 11) is 1.55. The quantitative estimate of drug-likeness (QED) is 0.0940. The van der Waals surface area contributed by atoms with Gasteiger partial charge in [0.2, 0.25) is 11.8 Å². The monoisotopic (exact) mass is 552 g/mol. The van der Waals surface area contributed by atoms with Crippen molar-refractivity contribution in [3.05, 3.63) is 108 Å². The molecule has 0 fully saturated rings. The second kappa shape index (κ2) is 13.1. The van der Waals surface area contributed by atoms with E-state index in [-0.39, 0.29) is 23.5 Å². The first-order chi connectivity index (χ1) is 19.2. The van der Waals surface area contributed by atoms with Crippen LogP contribution in [0.15, 0.2) is 85.2 Å². The number of hydrogen-bond donors (Lipinski definition) is 3. The summed E-state index contributed by atoms with van der Waals surface area (Å²) >= 11 is 0. The standard InChI is InChI=1S/C30H28F4N4O2/c1-35-27(39)8-5-13-36-14-15-40-28-12-10-22(18-38-28)29(21-9-11-26-23(16-21)25(31)19-37-26)24(17-30(32,33)34)20-6-3-2-4-7-20/h2-12,16,18-19,36-37H,13-15,17H2,1H3,(H,35,39)/b8-5+,29-24-. The zero-order valence-electron chi connectivity index (χ0n) is 21.7. The molecule has 2 aromatic heterocycles. The molecule has 208 valence electrons. The number of carbonyl (C=O) groups excluding carboxylic acids is 1. The lowest BCUT2D eigenvalue weighted by atomic mass is 9.88. The van der Waals surface area contributed by atoms with Crippen LogP contribution in [0.1, 0.15) is 23.1 Å². The highest BCUT2D eigenvalue weighted by molar-refractivity contribution is 6.00. The van der Waals surface area contributed by atoms with E-state index >= 15 is 0 Å². The van der Waals surface area contributed by atoms with Gasteiger partial charge in [-0.2, -0.15) is 13.2 Å². The molecular formula is C30H28F4N4O2. The molecule has 0 atom stereocenters. The summed E-state index contributed by atoms with van der Waals surface area (Å²) in [6.07, 6.45) is 0.108. The van der Waals surface area contributed by atoms with Crippen LogP contribution >= 0.6 is 0 Å². The van der Waals surface area contributed by atoms with Crippen LogP contribution in [0.3, 0.4) is 0 Å². The fraction of sp³-hybridized carbons (Fsp3) is 0.200. The number of allylic oxidation sites excluding steroid dienone is 1. The second-order valence-electron chi connectivity index (χ2n) is 8.86. The third-order valence-electron chi connectivity index (χ3n) is 6.05. The Morgan fingerprint density at radius 2 is 1.82 bits per heavy atom. The number of nitrogens with zero attached hydrogens (tertiary/aromatic N) is 1. The summed E-state index contributed by atoms with van der Waals surface area (Å²) in [5, 5.41) is 5.85. The molecule has 10 heteroatoms. The van der Waals surface area contributed by atoms with E-state index in [1.54, 1.807) is 73.8 Å². The lowest BCUT2D eigenvalue weighted by molar-refractivity contribution is -0.123. The number of amides is 1. The highest BCUT2D eigenvalue weighted by Crippen LogP contribution is 2.40. The van der Waals surface area contributed by atoms with E-state index < -0.39 is 18.4 Å². The smallest absolute Gasteiger partial charge is 0.393 e. The van der Waals surface area contributed by atoms with Crippen LogP contribution in [0.5, 0.6) is 5.88 Å². The minimum absolute atomic E-state index is 0.0490. The molecule has 4 rings (SSSR count). The van der Waals surface area contributed by atoms with Gasteiger partial charge in [0, 0.05) is 61.1 Å². The van der Waals surface area contributed by atoms with Crippen LogP contribution < -0.4 is 15.4 Å². The van der Waals surface area contributed by atoms with Gasteiger partial charge in [-0.3, -0.25) is 4.79 Å². The predicted molar refractivity (Wildman–Crippen MR) is 147 cm³/mol. The number of benzene rings is 2. The molecule has 0 spiro atoms. The summed E-state index contributed by atoms with van der Waals surface area (Å²) in [5.41, 5.74) is 2.16. The average molecular weight is 553 g/mol. The van der Waals surface area contributed by atoms with E-state index in [0.717, 1.165) is 0 Å². The molecule has 0 saturated heterocycles. The number of halogens is 4. The van der Waals surface area contributed by atoms with Crippen molar-refractivity contribution in [3.8, 4) is 5.88 Å². The van der Waals surface area contributed by atoms with Gasteiger partial charge in [0.05, 0.1) is 6.42 Å². The summed E-state index contributed by atoms with van der Waals surface area (Å²) in [4.78, 5) is 18.3. The molecule has 4 aromatic rings. The molecule has 0 aliphatic heterocycles. The van der Waals surface area contributed by atoms with Crippen LogP contribution in [-0.4, -0.2) is 48.8 Å². The molecule has 0 unspecified atom stereocenters. The molecule has 0 radical (unpaired) electrons. The number of fused-ring (bicyclic) bond motifs is 1. The SMILES string of the molecule is CNC(=O)/C=C/CNCCOc1ccc(/C(=C(/CC(F)(F)F)c2ccccc2)c2ccc3[nH]cc(F)c3c2)cn1. The Hall–Kier alpha value is -4.44. The maximum atomic E-state index is 14.4. The molecule has 6 nitrogen and oxygen atoms in total. The van der Waals surface area contributed by atoms with Gasteiger partial charge in [-0.05, 0) is 40.5 Å². The molecule has 0 aliphatic rings. The van der Waals surface area contributed by atoms with Crippen LogP contribution in [0, 0.1) is 5.82 Å². The van der Waals surface area contributed by atoms with Gasteiger partial charge in [0.1, 0.15) is 12.4 Å². The van der Waals surface area contributed by atoms with Crippen molar-refractivity contribution in [1.29, 1.82) is 0 Å². The lowest BCUT2D eigenvalue weighted by Gasteiger charge is -2.19. The van der Waals surface area contributed by atoms with E-state index in [2.05, 4.69) is 20.6 Å². The largest absolute Gasteiger partial charge is 0.476 e. The van der Waals surface area contributed by atoms with Crippen molar-refractivity contribution in [2.24, 2.45) is 0 Å². The van der Waals surface area contributed by atoms with Crippen molar-refractivity contribution in [2.75, 3.05) is 26.7 Å². The number of aromatic nitrogens is 2. The Balaban J connectivity index is 1.64. The third-order valence-corrected chi connectivity index (χ3v) is 6.05. The normalized spacial score (nSPS) is 12.5. The molecule has 40 heavy (non-hydrogen) atoms. The van der Waals surface area contributed by atoms with Crippen molar-refractivity contribution in [2.45, 2.75) is 12.6 Å². The zero-order chi connectivity index (χ0) is 28.5. The number of rotatable bonds is 11. The number of hydrogen-bond acceptors (Lipinski definition) is 4. The molecule has 3 N–H and O–H groups in total. The molecule has 1 amide bonds. The van der Waals surface area contributed by atoms with Crippen molar-refractivity contribution >= 4 is 28.0 Å². The minimum Gasteiger partial charge on any atom is -0.476 e. The average Bonchev–Trinajstić information content (AvgIpc) is 3.32. The van der Waals surface area contributed by atoms with Gasteiger partial charge in [-0.25, -0.2) is 9.37 Å². The summed E-state index contributed by atoms with van der Waals surface area (Å²) in [6, 6.07) is 16.4. The molecule has 0 aliphatic carbocycles. The van der Waals surface area contributed by atoms with Crippen LogP contribution in [0.2, 0.25) is 0 Å². The first-order valence-corrected chi connectivity index (χ1v) is 12.6. The molecule has 2 aromatic carbocycles. The first kappa shape index (κ1) is 28.6. The number of H-pyrrole nitrogens is 1. The van der Waals surface area contributed by atoms with Crippen LogP contribution in [-0.2, 0) is 4.79 Å². The topological polar surface area (TPSA) is 79.0 Å². The van der Waals surface area contributed by atoms with Gasteiger partial charge in [-0.1, -0.05) is 42.5 Å². The van der Waals surface area contributed by atoms with Gasteiger partial charge < -0.3 is 20.4 Å². The Bertz CT molecular complexity index is 1490. The van der Waals surface area contributed by atoms with Crippen molar-refractivity contribution < 1.29 is 27.1 Å². The third kappa shape index (κ3) is 7.57. The molecule has 0 bridgehead atoms. The number of alkyl halides is 3. The predicted octanol–water partition coefficient (Wildman–Crippen LogP) is 5.88. The number of nitrogens with one attached hydrogen (secondary N) is 3. The summed E-state index contributed by atoms with van der Waals surface area (Å²) in [5.74, 6) is -0.387. The van der Waals surface area contributed by atoms with Gasteiger partial charge in [0.25, 0.3) is 0 Å². The maximum absolute atomic E-state index is 14.4. The lowest BCUT2D eigenvalue weighted by Crippen LogP contribution is -2.22. The van der Waals surface area contributed by atoms with E-state index in [0.29, 0.717) is 46.7 Å². The van der Waals surface area contributed by atoms with Gasteiger partial charge >= 0.3 is 6.18 Å². The van der Waals surface area contributed by atoms with E-state index in [1.807, 2.05) is 0 Å². The fourth-order valence-corrected chi connectivity index (χ4v) is 4.21. The zero-order valence-corrected chi connectivity index (χ0v) is 21.7. The molecule has 0 saturated carbocycles. The number of carbonyl (C=O) groups is 1. The summed E-state index contributed by atoms with van der Waals surface area (Å²) < 4.78 is 61.7. The van der Waals surface area contributed by atoms with Crippen LogP contribution in [0.25, 0.3) is 22.0 Å². The number of likely N-dealkylation sites (N-methyl/N-ethyl adjacent to an activating group) is 1. The Labute approximate surface area is 228 Å². The Morgan fingerprint density at radius 1 is 1.05 bits per heavy atom. The maximum Gasteiger partial charge on any atom is 0.393 e. The molecule has 2 heterocycles.